The lowest BCUT2D eigenvalue weighted by molar-refractivity contribution is -0.166. The Kier molecular flexibility index (Phi) is 9.49. The van der Waals surface area contributed by atoms with Crippen molar-refractivity contribution in [3.05, 3.63) is 12.2 Å². The first-order valence-corrected chi connectivity index (χ1v) is 9.70. The van der Waals surface area contributed by atoms with Gasteiger partial charge < -0.3 is 19.3 Å². The van der Waals surface area contributed by atoms with Crippen LogP contribution < -0.4 is 0 Å². The topological polar surface area (TPSA) is 99.1 Å². The van der Waals surface area contributed by atoms with E-state index in [-0.39, 0.29) is 19.8 Å². The second kappa shape index (κ2) is 11.1. The molecule has 0 aromatic heterocycles. The molecule has 1 aliphatic carbocycles. The molecule has 27 heavy (non-hydrogen) atoms. The summed E-state index contributed by atoms with van der Waals surface area (Å²) in [5.74, 6) is -2.98. The Morgan fingerprint density at radius 2 is 1.63 bits per heavy atom. The highest BCUT2D eigenvalue weighted by Gasteiger charge is 2.76. The molecular weight excluding hydrogens is 352 g/mol. The number of rotatable bonds is 12. The molecule has 0 aromatic carbocycles. The molecule has 1 fully saturated rings. The lowest BCUT2D eigenvalue weighted by Gasteiger charge is -2.15. The summed E-state index contributed by atoms with van der Waals surface area (Å²) >= 11 is 0. The summed E-state index contributed by atoms with van der Waals surface area (Å²) in [6.07, 6.45) is 6.17. The van der Waals surface area contributed by atoms with Crippen LogP contribution in [0.1, 0.15) is 53.4 Å². The van der Waals surface area contributed by atoms with Gasteiger partial charge in [0.2, 0.25) is 0 Å². The normalized spacial score (nSPS) is 21.5. The Morgan fingerprint density at radius 1 is 1.04 bits per heavy atom. The summed E-state index contributed by atoms with van der Waals surface area (Å²) in [7, 11) is 0. The highest BCUT2D eigenvalue weighted by atomic mass is 16.6. The predicted molar refractivity (Wildman–Crippen MR) is 98.6 cm³/mol. The summed E-state index contributed by atoms with van der Waals surface area (Å²) in [4.78, 5) is 36.4. The van der Waals surface area contributed by atoms with E-state index in [1.54, 1.807) is 26.0 Å². The second-order valence-electron chi connectivity index (χ2n) is 6.69. The van der Waals surface area contributed by atoms with E-state index in [4.69, 9.17) is 14.2 Å². The molecule has 0 saturated heterocycles. The molecule has 7 heteroatoms. The van der Waals surface area contributed by atoms with Gasteiger partial charge in [-0.3, -0.25) is 14.4 Å². The van der Waals surface area contributed by atoms with Crippen LogP contribution in [-0.4, -0.2) is 48.9 Å². The second-order valence-corrected chi connectivity index (χ2v) is 6.69. The SMILES string of the molecule is CCCCCC(O)C=C[C@@H]1[C@@H](COC(C)=O)C1(C(=O)OCC)C(=O)OCC. The van der Waals surface area contributed by atoms with Gasteiger partial charge in [-0.2, -0.15) is 0 Å². The highest BCUT2D eigenvalue weighted by Crippen LogP contribution is 2.61. The Bertz CT molecular complexity index is 522. The van der Waals surface area contributed by atoms with Crippen LogP contribution in [0.3, 0.4) is 0 Å². The Labute approximate surface area is 161 Å². The number of ether oxygens (including phenoxy) is 3. The number of hydrogen-bond acceptors (Lipinski definition) is 7. The van der Waals surface area contributed by atoms with E-state index in [0.717, 1.165) is 19.3 Å². The van der Waals surface area contributed by atoms with Crippen LogP contribution in [0.25, 0.3) is 0 Å². The van der Waals surface area contributed by atoms with E-state index < -0.39 is 41.3 Å². The van der Waals surface area contributed by atoms with Crippen LogP contribution >= 0.6 is 0 Å². The zero-order chi connectivity index (χ0) is 20.4. The number of allylic oxidation sites excluding steroid dienone is 1. The van der Waals surface area contributed by atoms with Crippen molar-refractivity contribution in [1.82, 2.24) is 0 Å². The summed E-state index contributed by atoms with van der Waals surface area (Å²) < 4.78 is 15.3. The minimum atomic E-state index is -1.53. The average Bonchev–Trinajstić information content (AvgIpc) is 3.27. The summed E-state index contributed by atoms with van der Waals surface area (Å²) in [5.41, 5.74) is -1.53. The van der Waals surface area contributed by atoms with Crippen molar-refractivity contribution in [2.75, 3.05) is 19.8 Å². The van der Waals surface area contributed by atoms with Gasteiger partial charge in [0.15, 0.2) is 5.41 Å². The van der Waals surface area contributed by atoms with Gasteiger partial charge in [-0.25, -0.2) is 0 Å². The molecule has 0 spiro atoms. The molecule has 1 unspecified atom stereocenters. The van der Waals surface area contributed by atoms with Crippen LogP contribution in [-0.2, 0) is 28.6 Å². The van der Waals surface area contributed by atoms with Gasteiger partial charge in [-0.15, -0.1) is 0 Å². The fourth-order valence-electron chi connectivity index (χ4n) is 3.32. The van der Waals surface area contributed by atoms with Crippen LogP contribution in [0.15, 0.2) is 12.2 Å². The van der Waals surface area contributed by atoms with E-state index in [9.17, 15) is 19.5 Å². The minimum Gasteiger partial charge on any atom is -0.466 e. The van der Waals surface area contributed by atoms with Crippen molar-refractivity contribution in [1.29, 1.82) is 0 Å². The van der Waals surface area contributed by atoms with Gasteiger partial charge in [-0.05, 0) is 20.3 Å². The van der Waals surface area contributed by atoms with E-state index in [0.29, 0.717) is 6.42 Å². The molecule has 0 radical (unpaired) electrons. The number of aliphatic hydroxyl groups excluding tert-OH is 1. The fraction of sp³-hybridized carbons (Fsp3) is 0.750. The molecule has 154 valence electrons. The maximum Gasteiger partial charge on any atom is 0.324 e. The van der Waals surface area contributed by atoms with Crippen molar-refractivity contribution in [2.45, 2.75) is 59.5 Å². The van der Waals surface area contributed by atoms with Crippen molar-refractivity contribution in [2.24, 2.45) is 17.3 Å². The molecule has 7 nitrogen and oxygen atoms in total. The van der Waals surface area contributed by atoms with Crippen LogP contribution in [0, 0.1) is 17.3 Å². The third-order valence-corrected chi connectivity index (χ3v) is 4.77. The smallest absolute Gasteiger partial charge is 0.324 e. The molecule has 0 amide bonds. The number of esters is 3. The van der Waals surface area contributed by atoms with Gasteiger partial charge in [0.05, 0.1) is 25.9 Å². The number of aliphatic hydroxyl groups is 1. The predicted octanol–water partition coefficient (Wildman–Crippen LogP) is 2.41. The number of hydrogen-bond donors (Lipinski definition) is 1. The molecule has 0 aromatic rings. The maximum absolute atomic E-state index is 12.6. The minimum absolute atomic E-state index is 0.0894. The van der Waals surface area contributed by atoms with Crippen molar-refractivity contribution in [3.8, 4) is 0 Å². The van der Waals surface area contributed by atoms with Gasteiger partial charge in [0.1, 0.15) is 0 Å². The van der Waals surface area contributed by atoms with Crippen LogP contribution in [0.4, 0.5) is 0 Å². The monoisotopic (exact) mass is 384 g/mol. The number of carbonyl (C=O) groups excluding carboxylic acids is 3. The van der Waals surface area contributed by atoms with E-state index >= 15 is 0 Å². The van der Waals surface area contributed by atoms with Crippen molar-refractivity contribution >= 4 is 17.9 Å². The van der Waals surface area contributed by atoms with Crippen LogP contribution in [0.2, 0.25) is 0 Å². The van der Waals surface area contributed by atoms with Crippen LogP contribution in [0.5, 0.6) is 0 Å². The van der Waals surface area contributed by atoms with Gasteiger partial charge in [0.25, 0.3) is 0 Å². The molecule has 1 saturated carbocycles. The molecule has 3 atom stereocenters. The largest absolute Gasteiger partial charge is 0.466 e. The quantitative estimate of drug-likeness (QED) is 0.181. The van der Waals surface area contributed by atoms with Crippen molar-refractivity contribution < 1.29 is 33.7 Å². The Morgan fingerprint density at radius 3 is 2.11 bits per heavy atom. The number of carbonyl (C=O) groups is 3. The summed E-state index contributed by atoms with van der Waals surface area (Å²) in [6.45, 7) is 6.81. The lowest BCUT2D eigenvalue weighted by atomic mass is 10.0. The molecule has 1 N–H and O–H groups in total. The number of unbranched alkanes of at least 4 members (excludes halogenated alkanes) is 2. The molecule has 0 bridgehead atoms. The zero-order valence-electron chi connectivity index (χ0n) is 16.7. The molecule has 1 aliphatic rings. The zero-order valence-corrected chi connectivity index (χ0v) is 16.7. The summed E-state index contributed by atoms with van der Waals surface area (Å²) in [6, 6.07) is 0. The third-order valence-electron chi connectivity index (χ3n) is 4.77. The van der Waals surface area contributed by atoms with Gasteiger partial charge in [0, 0.05) is 18.8 Å². The first kappa shape index (κ1) is 23.1. The highest BCUT2D eigenvalue weighted by molar-refractivity contribution is 6.05. The van der Waals surface area contributed by atoms with Gasteiger partial charge >= 0.3 is 17.9 Å². The molecular formula is C20H32O7. The standard InChI is InChI=1S/C20H32O7/c1-5-8-9-10-15(22)11-12-16-17(13-27-14(4)21)20(16,18(23)25-6-2)19(24)26-7-3/h11-12,15-17,22H,5-10,13H2,1-4H3/t15?,16-,17-/m1/s1. The maximum atomic E-state index is 12.6. The first-order valence-electron chi connectivity index (χ1n) is 9.70. The lowest BCUT2D eigenvalue weighted by Crippen LogP contribution is -2.34. The van der Waals surface area contributed by atoms with E-state index in [1.807, 2.05) is 0 Å². The Hall–Kier alpha value is -1.89. The average molecular weight is 384 g/mol. The third kappa shape index (κ3) is 5.79. The van der Waals surface area contributed by atoms with E-state index in [1.165, 1.54) is 6.92 Å². The van der Waals surface area contributed by atoms with Crippen molar-refractivity contribution in [3.63, 3.8) is 0 Å². The fourth-order valence-corrected chi connectivity index (χ4v) is 3.32. The summed E-state index contributed by atoms with van der Waals surface area (Å²) in [5, 5.41) is 10.1. The van der Waals surface area contributed by atoms with E-state index in [2.05, 4.69) is 6.92 Å². The molecule has 0 heterocycles. The molecule has 1 rings (SSSR count). The first-order chi connectivity index (χ1) is 12.9. The van der Waals surface area contributed by atoms with Gasteiger partial charge in [-0.1, -0.05) is 38.3 Å². The Balaban J connectivity index is 3.00. The molecule has 0 aliphatic heterocycles.